The van der Waals surface area contributed by atoms with Crippen molar-refractivity contribution in [2.45, 2.75) is 25.4 Å². The summed E-state index contributed by atoms with van der Waals surface area (Å²) in [5.74, 6) is 1.31. The van der Waals surface area contributed by atoms with E-state index in [2.05, 4.69) is 36.1 Å². The molecule has 2 atom stereocenters. The molecule has 0 bridgehead atoms. The SMILES string of the molecule is COc1ccccc1NC(=O)CCN1C(=S)N[C@H](c2ccccn2)[C@H]1c1cccn1-c1ccc(C)cn1. The third-order valence-corrected chi connectivity index (χ3v) is 6.74. The van der Waals surface area contributed by atoms with Crippen molar-refractivity contribution in [1.82, 2.24) is 24.8 Å². The maximum Gasteiger partial charge on any atom is 0.226 e. The normalized spacial score (nSPS) is 16.9. The molecule has 1 aromatic carbocycles. The van der Waals surface area contributed by atoms with Crippen LogP contribution in [-0.2, 0) is 4.79 Å². The Morgan fingerprint density at radius 1 is 1.08 bits per heavy atom. The molecule has 1 saturated heterocycles. The van der Waals surface area contributed by atoms with E-state index in [-0.39, 0.29) is 24.4 Å². The van der Waals surface area contributed by atoms with Gasteiger partial charge in [0.15, 0.2) is 5.11 Å². The Kier molecular flexibility index (Phi) is 7.14. The number of amides is 1. The van der Waals surface area contributed by atoms with Crippen LogP contribution in [0.15, 0.2) is 85.3 Å². The lowest BCUT2D eigenvalue weighted by Crippen LogP contribution is -2.33. The predicted molar refractivity (Wildman–Crippen MR) is 147 cm³/mol. The number of benzene rings is 1. The Morgan fingerprint density at radius 2 is 1.92 bits per heavy atom. The molecule has 0 unspecified atom stereocenters. The van der Waals surface area contributed by atoms with E-state index in [1.54, 1.807) is 13.3 Å². The summed E-state index contributed by atoms with van der Waals surface area (Å²) >= 11 is 5.78. The zero-order chi connectivity index (χ0) is 25.8. The van der Waals surface area contributed by atoms with E-state index in [1.807, 2.05) is 80.0 Å². The summed E-state index contributed by atoms with van der Waals surface area (Å²) in [7, 11) is 1.58. The summed E-state index contributed by atoms with van der Waals surface area (Å²) in [5, 5.41) is 6.98. The number of pyridine rings is 2. The molecule has 1 aliphatic rings. The Hall–Kier alpha value is -4.24. The number of methoxy groups -OCH3 is 1. The van der Waals surface area contributed by atoms with Gasteiger partial charge in [-0.05, 0) is 67.2 Å². The number of ether oxygens (including phenoxy) is 1. The van der Waals surface area contributed by atoms with Crippen LogP contribution in [0.4, 0.5) is 5.69 Å². The summed E-state index contributed by atoms with van der Waals surface area (Å²) in [6, 6.07) is 20.9. The number of anilines is 1. The molecule has 0 saturated carbocycles. The lowest BCUT2D eigenvalue weighted by Gasteiger charge is -2.28. The number of aromatic nitrogens is 3. The van der Waals surface area contributed by atoms with Gasteiger partial charge in [0.1, 0.15) is 11.6 Å². The minimum Gasteiger partial charge on any atom is -0.495 e. The Bertz CT molecular complexity index is 1390. The summed E-state index contributed by atoms with van der Waals surface area (Å²) in [5.41, 5.74) is 3.61. The molecule has 188 valence electrons. The zero-order valence-electron chi connectivity index (χ0n) is 20.7. The molecule has 0 radical (unpaired) electrons. The van der Waals surface area contributed by atoms with E-state index >= 15 is 0 Å². The van der Waals surface area contributed by atoms with Crippen molar-refractivity contribution in [3.63, 3.8) is 0 Å². The molecular formula is C28H28N6O2S. The van der Waals surface area contributed by atoms with Crippen molar-refractivity contribution >= 4 is 28.9 Å². The molecule has 5 rings (SSSR count). The maximum absolute atomic E-state index is 12.9. The van der Waals surface area contributed by atoms with Crippen LogP contribution < -0.4 is 15.4 Å². The molecular weight excluding hydrogens is 484 g/mol. The molecule has 3 aromatic heterocycles. The summed E-state index contributed by atoms with van der Waals surface area (Å²) in [4.78, 5) is 24.2. The second-order valence-electron chi connectivity index (χ2n) is 8.82. The van der Waals surface area contributed by atoms with Crippen LogP contribution in [-0.4, -0.2) is 44.1 Å². The predicted octanol–water partition coefficient (Wildman–Crippen LogP) is 4.59. The van der Waals surface area contributed by atoms with Gasteiger partial charge >= 0.3 is 0 Å². The van der Waals surface area contributed by atoms with Crippen LogP contribution in [0.2, 0.25) is 0 Å². The second kappa shape index (κ2) is 10.8. The lowest BCUT2D eigenvalue weighted by molar-refractivity contribution is -0.116. The maximum atomic E-state index is 12.9. The first-order valence-electron chi connectivity index (χ1n) is 12.1. The highest BCUT2D eigenvalue weighted by Gasteiger charge is 2.41. The van der Waals surface area contributed by atoms with Crippen molar-refractivity contribution in [2.75, 3.05) is 19.0 Å². The molecule has 37 heavy (non-hydrogen) atoms. The van der Waals surface area contributed by atoms with E-state index in [1.165, 1.54) is 0 Å². The fraction of sp³-hybridized carbons (Fsp3) is 0.214. The number of carbonyl (C=O) groups excluding carboxylic acids is 1. The van der Waals surface area contributed by atoms with E-state index < -0.39 is 0 Å². The largest absolute Gasteiger partial charge is 0.495 e. The topological polar surface area (TPSA) is 84.3 Å². The first kappa shape index (κ1) is 24.5. The standard InChI is InChI=1S/C28H28N6O2S/c1-19-12-13-24(30-18-19)33-16-7-10-22(33)27-26(21-9-5-6-15-29-21)32-28(37)34(27)17-14-25(35)31-20-8-3-4-11-23(20)36-2/h3-13,15-16,18,26-27H,14,17H2,1-2H3,(H,31,35)(H,32,37)/t26-,27-/m1/s1. The Morgan fingerprint density at radius 3 is 2.68 bits per heavy atom. The van der Waals surface area contributed by atoms with Crippen LogP contribution in [0, 0.1) is 6.92 Å². The van der Waals surface area contributed by atoms with Gasteiger partial charge < -0.3 is 24.8 Å². The summed E-state index contributed by atoms with van der Waals surface area (Å²) in [6.45, 7) is 2.44. The zero-order valence-corrected chi connectivity index (χ0v) is 21.5. The van der Waals surface area contributed by atoms with Gasteiger partial charge in [0.25, 0.3) is 0 Å². The molecule has 4 aromatic rings. The first-order chi connectivity index (χ1) is 18.0. The lowest BCUT2D eigenvalue weighted by atomic mass is 10.0. The van der Waals surface area contributed by atoms with E-state index in [9.17, 15) is 4.79 Å². The monoisotopic (exact) mass is 512 g/mol. The quantitative estimate of drug-likeness (QED) is 0.334. The molecule has 2 N–H and O–H groups in total. The average Bonchev–Trinajstić information content (AvgIpc) is 3.53. The van der Waals surface area contributed by atoms with Gasteiger partial charge in [0.05, 0.1) is 30.6 Å². The van der Waals surface area contributed by atoms with Crippen LogP contribution in [0.1, 0.15) is 35.5 Å². The highest BCUT2D eigenvalue weighted by molar-refractivity contribution is 7.80. The van der Waals surface area contributed by atoms with Gasteiger partial charge in [-0.1, -0.05) is 24.3 Å². The van der Waals surface area contributed by atoms with E-state index in [4.69, 9.17) is 17.0 Å². The van der Waals surface area contributed by atoms with Gasteiger partial charge in [-0.2, -0.15) is 0 Å². The Balaban J connectivity index is 1.43. The fourth-order valence-electron chi connectivity index (χ4n) is 4.60. The minimum atomic E-state index is -0.195. The second-order valence-corrected chi connectivity index (χ2v) is 9.20. The molecule has 1 fully saturated rings. The number of para-hydroxylation sites is 2. The average molecular weight is 513 g/mol. The summed E-state index contributed by atoms with van der Waals surface area (Å²) in [6.07, 6.45) is 5.87. The van der Waals surface area contributed by atoms with Crippen molar-refractivity contribution < 1.29 is 9.53 Å². The van der Waals surface area contributed by atoms with Crippen molar-refractivity contribution in [1.29, 1.82) is 0 Å². The van der Waals surface area contributed by atoms with Crippen molar-refractivity contribution in [2.24, 2.45) is 0 Å². The molecule has 1 amide bonds. The highest BCUT2D eigenvalue weighted by atomic mass is 32.1. The fourth-order valence-corrected chi connectivity index (χ4v) is 4.93. The number of rotatable bonds is 8. The molecule has 0 aliphatic carbocycles. The first-order valence-corrected chi connectivity index (χ1v) is 12.5. The van der Waals surface area contributed by atoms with Crippen LogP contribution in [0.5, 0.6) is 5.75 Å². The third kappa shape index (κ3) is 5.17. The van der Waals surface area contributed by atoms with Gasteiger partial charge in [-0.25, -0.2) is 4.98 Å². The van der Waals surface area contributed by atoms with Crippen molar-refractivity contribution in [3.05, 3.63) is 102 Å². The third-order valence-electron chi connectivity index (χ3n) is 6.38. The van der Waals surface area contributed by atoms with Gasteiger partial charge in [0, 0.05) is 37.3 Å². The smallest absolute Gasteiger partial charge is 0.226 e. The number of thiocarbonyl (C=S) groups is 1. The molecule has 8 nitrogen and oxygen atoms in total. The molecule has 9 heteroatoms. The number of nitrogens with one attached hydrogen (secondary N) is 2. The number of aryl methyl sites for hydroxylation is 1. The van der Waals surface area contributed by atoms with Crippen molar-refractivity contribution in [3.8, 4) is 11.6 Å². The minimum absolute atomic E-state index is 0.122. The van der Waals surface area contributed by atoms with E-state index in [0.717, 1.165) is 22.8 Å². The summed E-state index contributed by atoms with van der Waals surface area (Å²) < 4.78 is 7.43. The van der Waals surface area contributed by atoms with Crippen LogP contribution in [0.3, 0.4) is 0 Å². The van der Waals surface area contributed by atoms with Crippen LogP contribution >= 0.6 is 12.2 Å². The molecule has 1 aliphatic heterocycles. The van der Waals surface area contributed by atoms with Crippen LogP contribution in [0.25, 0.3) is 5.82 Å². The van der Waals surface area contributed by atoms with E-state index in [0.29, 0.717) is 23.1 Å². The molecule has 4 heterocycles. The van der Waals surface area contributed by atoms with Gasteiger partial charge in [-0.3, -0.25) is 9.78 Å². The Labute approximate surface area is 221 Å². The number of carbonyl (C=O) groups is 1. The van der Waals surface area contributed by atoms with Gasteiger partial charge in [-0.15, -0.1) is 0 Å². The number of hydrogen-bond acceptors (Lipinski definition) is 5. The molecule has 0 spiro atoms. The highest BCUT2D eigenvalue weighted by Crippen LogP contribution is 2.39. The van der Waals surface area contributed by atoms with Gasteiger partial charge in [0.2, 0.25) is 5.91 Å². The number of hydrogen-bond donors (Lipinski definition) is 2. The number of nitrogens with zero attached hydrogens (tertiary/aromatic N) is 4.